The summed E-state index contributed by atoms with van der Waals surface area (Å²) in [5, 5.41) is 13.8. The third-order valence-corrected chi connectivity index (χ3v) is 2.70. The van der Waals surface area contributed by atoms with Crippen LogP contribution in [0, 0.1) is 5.82 Å². The van der Waals surface area contributed by atoms with E-state index in [1.807, 2.05) is 13.8 Å². The van der Waals surface area contributed by atoms with Crippen LogP contribution >= 0.6 is 0 Å². The first-order chi connectivity index (χ1) is 9.95. The highest BCUT2D eigenvalue weighted by Crippen LogP contribution is 2.15. The molecule has 1 aromatic carbocycles. The monoisotopic (exact) mass is 296 g/mol. The van der Waals surface area contributed by atoms with Gasteiger partial charge in [-0.05, 0) is 38.1 Å². The molecule has 0 bridgehead atoms. The molecule has 114 valence electrons. The van der Waals surface area contributed by atoms with Crippen molar-refractivity contribution in [2.45, 2.75) is 32.6 Å². The summed E-state index contributed by atoms with van der Waals surface area (Å²) in [6.07, 6.45) is -0.875. The zero-order valence-corrected chi connectivity index (χ0v) is 11.8. The Morgan fingerprint density at radius 1 is 1.38 bits per heavy atom. The van der Waals surface area contributed by atoms with Crippen molar-refractivity contribution >= 4 is 0 Å². The fourth-order valence-corrected chi connectivity index (χ4v) is 1.69. The first kappa shape index (κ1) is 15.4. The summed E-state index contributed by atoms with van der Waals surface area (Å²) in [6.45, 7) is 3.77. The maximum absolute atomic E-state index is 12.8. The van der Waals surface area contributed by atoms with Crippen LogP contribution in [0.5, 0.6) is 0 Å². The van der Waals surface area contributed by atoms with Gasteiger partial charge in [-0.2, -0.15) is 4.68 Å². The first-order valence-corrected chi connectivity index (χ1v) is 6.59. The van der Waals surface area contributed by atoms with Crippen molar-refractivity contribution in [3.8, 4) is 11.5 Å². The Hall–Kier alpha value is -1.99. The lowest BCUT2D eigenvalue weighted by molar-refractivity contribution is -0.00269. The van der Waals surface area contributed by atoms with Gasteiger partial charge in [0, 0.05) is 5.56 Å². The summed E-state index contributed by atoms with van der Waals surface area (Å²) >= 11 is 0. The van der Waals surface area contributed by atoms with E-state index in [-0.39, 0.29) is 31.0 Å². The van der Waals surface area contributed by atoms with Gasteiger partial charge in [0.05, 0.1) is 25.4 Å². The molecule has 0 saturated carbocycles. The van der Waals surface area contributed by atoms with Gasteiger partial charge in [0.15, 0.2) is 0 Å². The topological polar surface area (TPSA) is 77.5 Å². The number of hydrogen-bond donors (Lipinski definition) is 1. The number of aliphatic hydroxyl groups excluding tert-OH is 1. The van der Waals surface area contributed by atoms with Gasteiger partial charge in [0.2, 0.25) is 5.89 Å². The highest BCUT2D eigenvalue weighted by molar-refractivity contribution is 5.51. The van der Waals surface area contributed by atoms with Crippen LogP contribution < -0.4 is 5.76 Å². The molecule has 0 aliphatic carbocycles. The van der Waals surface area contributed by atoms with Crippen molar-refractivity contribution in [3.63, 3.8) is 0 Å². The van der Waals surface area contributed by atoms with E-state index < -0.39 is 11.9 Å². The van der Waals surface area contributed by atoms with Crippen LogP contribution in [0.3, 0.4) is 0 Å². The summed E-state index contributed by atoms with van der Waals surface area (Å²) in [6, 6.07) is 5.42. The maximum atomic E-state index is 12.8. The van der Waals surface area contributed by atoms with Crippen molar-refractivity contribution < 1.29 is 18.7 Å². The van der Waals surface area contributed by atoms with Crippen LogP contribution in [0.4, 0.5) is 4.39 Å². The Balaban J connectivity index is 2.09. The molecule has 6 nitrogen and oxygen atoms in total. The number of aromatic nitrogens is 2. The van der Waals surface area contributed by atoms with Gasteiger partial charge in [-0.25, -0.2) is 9.18 Å². The summed E-state index contributed by atoms with van der Waals surface area (Å²) in [7, 11) is 0. The molecule has 0 spiro atoms. The van der Waals surface area contributed by atoms with Crippen molar-refractivity contribution in [3.05, 3.63) is 40.6 Å². The van der Waals surface area contributed by atoms with Gasteiger partial charge >= 0.3 is 5.76 Å². The Kier molecular flexibility index (Phi) is 4.87. The minimum absolute atomic E-state index is 0.0107. The zero-order chi connectivity index (χ0) is 15.4. The average molecular weight is 296 g/mol. The molecule has 0 saturated heterocycles. The highest BCUT2D eigenvalue weighted by Gasteiger charge is 2.14. The molecule has 0 aliphatic heterocycles. The van der Waals surface area contributed by atoms with Crippen molar-refractivity contribution in [2.75, 3.05) is 6.61 Å². The van der Waals surface area contributed by atoms with Crippen LogP contribution in [0.25, 0.3) is 11.5 Å². The van der Waals surface area contributed by atoms with Crippen molar-refractivity contribution in [2.24, 2.45) is 0 Å². The predicted molar refractivity (Wildman–Crippen MR) is 73.3 cm³/mol. The molecule has 7 heteroatoms. The standard InChI is InChI=1S/C14H17FN2O4/c1-9(2)20-8-12(18)7-17-14(19)21-13(16-17)10-3-5-11(15)6-4-10/h3-6,9,12,18H,7-8H2,1-2H3. The molecule has 0 amide bonds. The molecule has 2 aromatic rings. The molecule has 1 unspecified atom stereocenters. The van der Waals surface area contributed by atoms with Crippen LogP contribution in [0.2, 0.25) is 0 Å². The fourth-order valence-electron chi connectivity index (χ4n) is 1.69. The van der Waals surface area contributed by atoms with E-state index in [4.69, 9.17) is 9.15 Å². The Morgan fingerprint density at radius 2 is 2.05 bits per heavy atom. The first-order valence-electron chi connectivity index (χ1n) is 6.59. The third-order valence-electron chi connectivity index (χ3n) is 2.70. The quantitative estimate of drug-likeness (QED) is 0.872. The minimum Gasteiger partial charge on any atom is -0.389 e. The van der Waals surface area contributed by atoms with E-state index in [0.29, 0.717) is 5.56 Å². The highest BCUT2D eigenvalue weighted by atomic mass is 19.1. The second-order valence-corrected chi connectivity index (χ2v) is 4.90. The lowest BCUT2D eigenvalue weighted by Gasteiger charge is -2.12. The lowest BCUT2D eigenvalue weighted by Crippen LogP contribution is -2.28. The van der Waals surface area contributed by atoms with E-state index in [1.54, 1.807) is 0 Å². The van der Waals surface area contributed by atoms with E-state index in [1.165, 1.54) is 24.3 Å². The van der Waals surface area contributed by atoms with Crippen LogP contribution in [0.15, 0.2) is 33.5 Å². The number of aliphatic hydroxyl groups is 1. The molecule has 0 radical (unpaired) electrons. The summed E-state index contributed by atoms with van der Waals surface area (Å²) in [4.78, 5) is 11.7. The number of ether oxygens (including phenoxy) is 1. The number of nitrogens with zero attached hydrogens (tertiary/aromatic N) is 2. The fraction of sp³-hybridized carbons (Fsp3) is 0.429. The summed E-state index contributed by atoms with van der Waals surface area (Å²) in [5.74, 6) is -0.989. The van der Waals surface area contributed by atoms with E-state index in [9.17, 15) is 14.3 Å². The Bertz CT molecular complexity index is 633. The van der Waals surface area contributed by atoms with Gasteiger partial charge in [-0.15, -0.1) is 5.10 Å². The molecule has 1 N–H and O–H groups in total. The van der Waals surface area contributed by atoms with Crippen LogP contribution in [-0.2, 0) is 11.3 Å². The smallest absolute Gasteiger partial charge is 0.389 e. The normalized spacial score (nSPS) is 12.8. The molecule has 1 aromatic heterocycles. The lowest BCUT2D eigenvalue weighted by atomic mass is 10.2. The molecule has 1 atom stereocenters. The molecule has 0 fully saturated rings. The summed E-state index contributed by atoms with van der Waals surface area (Å²) in [5.41, 5.74) is 0.486. The Morgan fingerprint density at radius 3 is 2.67 bits per heavy atom. The average Bonchev–Trinajstić information content (AvgIpc) is 2.78. The second-order valence-electron chi connectivity index (χ2n) is 4.90. The van der Waals surface area contributed by atoms with Gasteiger partial charge in [0.25, 0.3) is 0 Å². The number of hydrogen-bond acceptors (Lipinski definition) is 5. The summed E-state index contributed by atoms with van der Waals surface area (Å²) < 4.78 is 24.1. The van der Waals surface area contributed by atoms with Gasteiger partial charge in [0.1, 0.15) is 5.82 Å². The van der Waals surface area contributed by atoms with E-state index in [0.717, 1.165) is 4.68 Å². The SMILES string of the molecule is CC(C)OCC(O)Cn1nc(-c2ccc(F)cc2)oc1=O. The van der Waals surface area contributed by atoms with E-state index in [2.05, 4.69) is 5.10 Å². The number of benzene rings is 1. The van der Waals surface area contributed by atoms with Crippen LogP contribution in [0.1, 0.15) is 13.8 Å². The van der Waals surface area contributed by atoms with Crippen molar-refractivity contribution in [1.29, 1.82) is 0 Å². The molecule has 1 heterocycles. The zero-order valence-electron chi connectivity index (χ0n) is 11.8. The largest absolute Gasteiger partial charge is 0.437 e. The van der Waals surface area contributed by atoms with Crippen molar-refractivity contribution in [1.82, 2.24) is 9.78 Å². The van der Waals surface area contributed by atoms with Gasteiger partial charge in [-0.1, -0.05) is 0 Å². The predicted octanol–water partition coefficient (Wildman–Crippen LogP) is 1.43. The Labute approximate surface area is 120 Å². The third kappa shape index (κ3) is 4.24. The number of rotatable bonds is 6. The maximum Gasteiger partial charge on any atom is 0.437 e. The van der Waals surface area contributed by atoms with Gasteiger partial charge in [-0.3, -0.25) is 0 Å². The van der Waals surface area contributed by atoms with E-state index >= 15 is 0 Å². The molecule has 21 heavy (non-hydrogen) atoms. The molecule has 2 rings (SSSR count). The molecule has 0 aliphatic rings. The van der Waals surface area contributed by atoms with Crippen LogP contribution in [-0.4, -0.2) is 33.7 Å². The molecular formula is C14H17FN2O4. The molecular weight excluding hydrogens is 279 g/mol. The second kappa shape index (κ2) is 6.64. The number of halogens is 1. The van der Waals surface area contributed by atoms with Gasteiger partial charge < -0.3 is 14.3 Å². The minimum atomic E-state index is -0.865.